The van der Waals surface area contributed by atoms with Gasteiger partial charge in [-0.2, -0.15) is 0 Å². The Morgan fingerprint density at radius 1 is 1.55 bits per heavy atom. The molecule has 0 aromatic carbocycles. The summed E-state index contributed by atoms with van der Waals surface area (Å²) in [6.07, 6.45) is 1.56. The molecule has 0 aromatic heterocycles. The van der Waals surface area contributed by atoms with Gasteiger partial charge in [-0.3, -0.25) is 19.8 Å². The first kappa shape index (κ1) is 13.4. The van der Waals surface area contributed by atoms with Gasteiger partial charge in [0.25, 0.3) is 5.91 Å². The van der Waals surface area contributed by atoms with Gasteiger partial charge in [0, 0.05) is 6.54 Å². The minimum Gasteiger partial charge on any atom is -0.430 e. The van der Waals surface area contributed by atoms with Gasteiger partial charge in [0.1, 0.15) is 0 Å². The van der Waals surface area contributed by atoms with Crippen molar-refractivity contribution in [1.82, 2.24) is 10.2 Å². The molecule has 0 radical (unpaired) electrons. The van der Waals surface area contributed by atoms with Crippen molar-refractivity contribution in [3.05, 3.63) is 12.2 Å². The van der Waals surface area contributed by atoms with E-state index in [1.165, 1.54) is 11.8 Å². The Bertz CT molecular complexity index is 506. The lowest BCUT2D eigenvalue weighted by Crippen LogP contribution is -2.52. The molecule has 0 spiro atoms. The van der Waals surface area contributed by atoms with Crippen molar-refractivity contribution >= 4 is 29.5 Å². The van der Waals surface area contributed by atoms with Gasteiger partial charge in [0.15, 0.2) is 11.7 Å². The molecule has 0 aliphatic carbocycles. The summed E-state index contributed by atoms with van der Waals surface area (Å²) in [5.41, 5.74) is -0.774. The third-order valence-corrected chi connectivity index (χ3v) is 3.72. The second-order valence-corrected chi connectivity index (χ2v) is 5.51. The van der Waals surface area contributed by atoms with E-state index in [0.717, 1.165) is 0 Å². The Labute approximate surface area is 119 Å². The molecule has 3 amide bonds. The summed E-state index contributed by atoms with van der Waals surface area (Å²) in [4.78, 5) is 36.9. The van der Waals surface area contributed by atoms with Crippen molar-refractivity contribution < 1.29 is 23.9 Å². The molecule has 5 unspecified atom stereocenters. The lowest BCUT2D eigenvalue weighted by atomic mass is 9.92. The fraction of sp³-hybridized carbons (Fsp3) is 0.583. The molecule has 7 nitrogen and oxygen atoms in total. The van der Waals surface area contributed by atoms with E-state index in [1.54, 1.807) is 12.2 Å². The van der Waals surface area contributed by atoms with E-state index in [0.29, 0.717) is 0 Å². The van der Waals surface area contributed by atoms with Crippen LogP contribution in [0.25, 0.3) is 0 Å². The Morgan fingerprint density at radius 2 is 2.30 bits per heavy atom. The second kappa shape index (κ2) is 4.75. The summed E-state index contributed by atoms with van der Waals surface area (Å²) >= 11 is 5.65. The Morgan fingerprint density at radius 3 is 3.00 bits per heavy atom. The van der Waals surface area contributed by atoms with Crippen LogP contribution < -0.4 is 5.32 Å². The highest BCUT2D eigenvalue weighted by Gasteiger charge is 2.58. The van der Waals surface area contributed by atoms with Gasteiger partial charge < -0.3 is 9.47 Å². The molecule has 3 rings (SSSR count). The van der Waals surface area contributed by atoms with Gasteiger partial charge >= 0.3 is 6.09 Å². The van der Waals surface area contributed by atoms with E-state index in [9.17, 15) is 14.4 Å². The summed E-state index contributed by atoms with van der Waals surface area (Å²) in [7, 11) is 0. The number of rotatable bonds is 1. The van der Waals surface area contributed by atoms with Crippen molar-refractivity contribution in [2.24, 2.45) is 5.92 Å². The fourth-order valence-electron chi connectivity index (χ4n) is 2.87. The molecule has 2 fully saturated rings. The minimum atomic E-state index is -0.844. The fourth-order valence-corrected chi connectivity index (χ4v) is 2.95. The molecule has 1 N–H and O–H groups in total. The normalized spacial score (nSPS) is 36.4. The zero-order valence-corrected chi connectivity index (χ0v) is 11.4. The van der Waals surface area contributed by atoms with E-state index < -0.39 is 47.6 Å². The van der Waals surface area contributed by atoms with Crippen LogP contribution in [-0.2, 0) is 19.1 Å². The third-order valence-electron chi connectivity index (χ3n) is 3.63. The van der Waals surface area contributed by atoms with Crippen LogP contribution in [0.5, 0.6) is 0 Å². The van der Waals surface area contributed by atoms with E-state index >= 15 is 0 Å². The zero-order valence-electron chi connectivity index (χ0n) is 10.6. The largest absolute Gasteiger partial charge is 0.430 e. The minimum absolute atomic E-state index is 0.289. The Kier molecular flexibility index (Phi) is 3.18. The lowest BCUT2D eigenvalue weighted by Gasteiger charge is -2.34. The second-order valence-electron chi connectivity index (χ2n) is 4.90. The number of hydrogen-bond acceptors (Lipinski definition) is 5. The zero-order chi connectivity index (χ0) is 14.4. The summed E-state index contributed by atoms with van der Waals surface area (Å²) in [5.74, 6) is -1.57. The number of fused-ring (bicyclic) bond motifs is 3. The number of nitrogens with zero attached hydrogens (tertiary/aromatic N) is 1. The molecule has 108 valence electrons. The Hall–Kier alpha value is -1.60. The number of amides is 3. The number of alkyl halides is 1. The molecule has 0 saturated carbocycles. The smallest absolute Gasteiger partial charge is 0.411 e. The molecule has 5 atom stereocenters. The molecular weight excluding hydrogens is 288 g/mol. The van der Waals surface area contributed by atoms with Crippen LogP contribution >= 0.6 is 11.6 Å². The summed E-state index contributed by atoms with van der Waals surface area (Å²) in [6.45, 7) is 1.81. The number of hydrogen-bond donors (Lipinski definition) is 1. The molecule has 8 heteroatoms. The molecule has 20 heavy (non-hydrogen) atoms. The maximum absolute atomic E-state index is 12.0. The standard InChI is InChI=1S/C12H13ClN2O5/c1-5(13)19-12(18)15-4-2-3-6-8(15)7-9(20-6)11(17)14-10(7)16/h2-3,5-9H,4H2,1H3,(H,14,16,17). The van der Waals surface area contributed by atoms with Crippen molar-refractivity contribution in [2.75, 3.05) is 6.54 Å². The monoisotopic (exact) mass is 300 g/mol. The highest BCUT2D eigenvalue weighted by Crippen LogP contribution is 2.37. The van der Waals surface area contributed by atoms with E-state index in [1.807, 2.05) is 0 Å². The molecular formula is C12H13ClN2O5. The number of carbonyl (C=O) groups excluding carboxylic acids is 3. The maximum atomic E-state index is 12.0. The molecule has 3 heterocycles. The highest BCUT2D eigenvalue weighted by atomic mass is 35.5. The number of imide groups is 1. The van der Waals surface area contributed by atoms with Crippen LogP contribution in [-0.4, -0.2) is 53.2 Å². The van der Waals surface area contributed by atoms with Crippen LogP contribution in [0.3, 0.4) is 0 Å². The molecule has 0 bridgehead atoms. The van der Waals surface area contributed by atoms with Crippen molar-refractivity contribution in [1.29, 1.82) is 0 Å². The van der Waals surface area contributed by atoms with E-state index in [4.69, 9.17) is 21.1 Å². The van der Waals surface area contributed by atoms with Crippen molar-refractivity contribution in [3.63, 3.8) is 0 Å². The van der Waals surface area contributed by atoms with Gasteiger partial charge in [-0.1, -0.05) is 23.8 Å². The summed E-state index contributed by atoms with van der Waals surface area (Å²) in [5, 5.41) is 2.22. The number of nitrogens with one attached hydrogen (secondary N) is 1. The summed E-state index contributed by atoms with van der Waals surface area (Å²) < 4.78 is 10.5. The third kappa shape index (κ3) is 1.97. The molecule has 3 aliphatic heterocycles. The van der Waals surface area contributed by atoms with Crippen LogP contribution in [0.1, 0.15) is 6.92 Å². The van der Waals surface area contributed by atoms with Gasteiger partial charge in [0.2, 0.25) is 5.91 Å². The summed E-state index contributed by atoms with van der Waals surface area (Å²) in [6, 6.07) is -0.542. The van der Waals surface area contributed by atoms with Crippen LogP contribution in [0.15, 0.2) is 12.2 Å². The van der Waals surface area contributed by atoms with Crippen LogP contribution in [0, 0.1) is 5.92 Å². The number of halogens is 1. The average molecular weight is 301 g/mol. The first-order valence-electron chi connectivity index (χ1n) is 6.27. The molecule has 3 aliphatic rings. The molecule has 2 saturated heterocycles. The SMILES string of the molecule is CC(Cl)OC(=O)N1CC=CC2OC3C(=O)NC(=O)C3C21. The number of ether oxygens (including phenoxy) is 2. The van der Waals surface area contributed by atoms with Gasteiger partial charge in [-0.15, -0.1) is 0 Å². The Balaban J connectivity index is 1.87. The van der Waals surface area contributed by atoms with E-state index in [2.05, 4.69) is 5.32 Å². The lowest BCUT2D eigenvalue weighted by molar-refractivity contribution is -0.130. The predicted molar refractivity (Wildman–Crippen MR) is 66.7 cm³/mol. The quantitative estimate of drug-likeness (QED) is 0.418. The topological polar surface area (TPSA) is 84.9 Å². The van der Waals surface area contributed by atoms with Gasteiger partial charge in [-0.25, -0.2) is 4.79 Å². The first-order valence-corrected chi connectivity index (χ1v) is 6.71. The first-order chi connectivity index (χ1) is 9.49. The molecule has 0 aromatic rings. The average Bonchev–Trinajstić information content (AvgIpc) is 2.87. The maximum Gasteiger partial charge on any atom is 0.411 e. The van der Waals surface area contributed by atoms with Crippen LogP contribution in [0.2, 0.25) is 0 Å². The predicted octanol–water partition coefficient (Wildman–Crippen LogP) is -0.0118. The van der Waals surface area contributed by atoms with Crippen molar-refractivity contribution in [3.8, 4) is 0 Å². The van der Waals surface area contributed by atoms with Crippen LogP contribution in [0.4, 0.5) is 4.79 Å². The van der Waals surface area contributed by atoms with Gasteiger partial charge in [0.05, 0.1) is 18.1 Å². The van der Waals surface area contributed by atoms with E-state index in [-0.39, 0.29) is 6.54 Å². The highest BCUT2D eigenvalue weighted by molar-refractivity contribution is 6.19. The number of carbonyl (C=O) groups is 3. The van der Waals surface area contributed by atoms with Gasteiger partial charge in [-0.05, 0) is 6.92 Å². The van der Waals surface area contributed by atoms with Crippen molar-refractivity contribution in [2.45, 2.75) is 30.7 Å².